The number of aryl methyl sites for hydroxylation is 2. The fourth-order valence-corrected chi connectivity index (χ4v) is 4.59. The Morgan fingerprint density at radius 1 is 1.20 bits per heavy atom. The van der Waals surface area contributed by atoms with Gasteiger partial charge in [0.15, 0.2) is 0 Å². The lowest BCUT2D eigenvalue weighted by Gasteiger charge is -2.47. The highest BCUT2D eigenvalue weighted by molar-refractivity contribution is 5.93. The van der Waals surface area contributed by atoms with Crippen LogP contribution in [0.5, 0.6) is 0 Å². The third kappa shape index (κ3) is 5.71. The molecule has 2 N–H and O–H groups in total. The maximum atomic E-state index is 13.5. The van der Waals surface area contributed by atoms with Crippen molar-refractivity contribution in [3.8, 4) is 0 Å². The molecule has 0 bridgehead atoms. The van der Waals surface area contributed by atoms with E-state index in [1.165, 1.54) is 0 Å². The summed E-state index contributed by atoms with van der Waals surface area (Å²) in [5, 5.41) is 12.8. The summed E-state index contributed by atoms with van der Waals surface area (Å²) in [6.45, 7) is 16.3. The summed E-state index contributed by atoms with van der Waals surface area (Å²) in [7, 11) is 0. The van der Waals surface area contributed by atoms with E-state index in [4.69, 9.17) is 4.98 Å². The van der Waals surface area contributed by atoms with Crippen LogP contribution in [0.4, 0.5) is 11.6 Å². The number of hydrogen-bond acceptors (Lipinski definition) is 7. The maximum absolute atomic E-state index is 13.5. The number of hydrogen-bond donors (Lipinski definition) is 2. The van der Waals surface area contributed by atoms with Crippen LogP contribution in [-0.4, -0.2) is 68.6 Å². The minimum atomic E-state index is -0.969. The highest BCUT2D eigenvalue weighted by atomic mass is 16.4. The molecule has 0 unspecified atom stereocenters. The van der Waals surface area contributed by atoms with E-state index in [2.05, 4.69) is 41.0 Å². The summed E-state index contributed by atoms with van der Waals surface area (Å²) < 4.78 is 0. The lowest BCUT2D eigenvalue weighted by molar-refractivity contribution is 0.0506. The number of carbonyl (C=O) groups is 2. The smallest absolute Gasteiger partial charge is 0.337 e. The molecule has 35 heavy (non-hydrogen) atoms. The molecule has 9 heteroatoms. The van der Waals surface area contributed by atoms with Crippen LogP contribution in [0.15, 0.2) is 12.3 Å². The van der Waals surface area contributed by atoms with Crippen molar-refractivity contribution in [1.29, 1.82) is 0 Å². The minimum Gasteiger partial charge on any atom is -0.478 e. The number of piperazine rings is 1. The molecule has 0 aliphatic carbocycles. The fraction of sp³-hybridized carbons (Fsp3) is 0.577. The largest absolute Gasteiger partial charge is 0.478 e. The van der Waals surface area contributed by atoms with Crippen LogP contribution >= 0.6 is 0 Å². The van der Waals surface area contributed by atoms with E-state index in [9.17, 15) is 14.7 Å². The lowest BCUT2D eigenvalue weighted by Crippen LogP contribution is -2.61. The maximum Gasteiger partial charge on any atom is 0.337 e. The van der Waals surface area contributed by atoms with E-state index in [0.717, 1.165) is 36.7 Å². The van der Waals surface area contributed by atoms with Gasteiger partial charge >= 0.3 is 5.97 Å². The van der Waals surface area contributed by atoms with Gasteiger partial charge in [-0.25, -0.2) is 19.7 Å². The van der Waals surface area contributed by atoms with E-state index >= 15 is 0 Å². The number of carboxylic acids is 1. The number of nitrogens with one attached hydrogen (secondary N) is 1. The average molecular weight is 483 g/mol. The topological polar surface area (TPSA) is 112 Å². The standard InChI is InChI=1S/C26H38N6O3/c1-8-9-10-27-23-22(16(2)3)30-19(14-28-23)24(33)32-12-11-31(15-26(32,6)7)20-13-17(4)21(25(34)35)18(5)29-20/h13-14,16H,8-12,15H2,1-7H3,(H,27,28)(H,34,35). The number of amides is 1. The molecule has 1 fully saturated rings. The zero-order valence-electron chi connectivity index (χ0n) is 22.0. The van der Waals surface area contributed by atoms with Gasteiger partial charge in [0.25, 0.3) is 5.91 Å². The first-order chi connectivity index (χ1) is 16.5. The Kier molecular flexibility index (Phi) is 7.97. The van der Waals surface area contributed by atoms with Crippen LogP contribution in [0.3, 0.4) is 0 Å². The monoisotopic (exact) mass is 482 g/mol. The quantitative estimate of drug-likeness (QED) is 0.537. The molecule has 2 aromatic heterocycles. The van der Waals surface area contributed by atoms with Crippen LogP contribution in [-0.2, 0) is 0 Å². The van der Waals surface area contributed by atoms with Crippen molar-refractivity contribution in [2.45, 2.75) is 72.8 Å². The first kappa shape index (κ1) is 26.4. The van der Waals surface area contributed by atoms with Gasteiger partial charge in [0.05, 0.1) is 28.7 Å². The third-order valence-electron chi connectivity index (χ3n) is 6.46. The molecule has 0 atom stereocenters. The summed E-state index contributed by atoms with van der Waals surface area (Å²) in [6.07, 6.45) is 3.71. The number of anilines is 2. The van der Waals surface area contributed by atoms with Crippen molar-refractivity contribution in [3.05, 3.63) is 40.5 Å². The number of aromatic nitrogens is 3. The van der Waals surface area contributed by atoms with Crippen LogP contribution in [0.25, 0.3) is 0 Å². The van der Waals surface area contributed by atoms with E-state index in [1.807, 2.05) is 24.8 Å². The molecule has 1 aliphatic heterocycles. The number of aromatic carboxylic acids is 1. The number of carboxylic acid groups (broad SMARTS) is 1. The lowest BCUT2D eigenvalue weighted by atomic mass is 9.97. The van der Waals surface area contributed by atoms with E-state index in [1.54, 1.807) is 20.0 Å². The normalized spacial score (nSPS) is 15.4. The third-order valence-corrected chi connectivity index (χ3v) is 6.46. The molecule has 3 heterocycles. The van der Waals surface area contributed by atoms with E-state index in [0.29, 0.717) is 36.6 Å². The summed E-state index contributed by atoms with van der Waals surface area (Å²) in [5.74, 6) is 0.509. The van der Waals surface area contributed by atoms with Gasteiger partial charge in [0, 0.05) is 26.2 Å². The number of carbonyl (C=O) groups excluding carboxylic acids is 1. The predicted octanol–water partition coefficient (Wildman–Crippen LogP) is 4.26. The Bertz CT molecular complexity index is 1080. The van der Waals surface area contributed by atoms with Gasteiger partial charge in [0.2, 0.25) is 0 Å². The molecule has 190 valence electrons. The second kappa shape index (κ2) is 10.6. The van der Waals surface area contributed by atoms with Gasteiger partial charge in [-0.05, 0) is 51.7 Å². The van der Waals surface area contributed by atoms with Crippen molar-refractivity contribution < 1.29 is 14.7 Å². The molecule has 9 nitrogen and oxygen atoms in total. The highest BCUT2D eigenvalue weighted by Crippen LogP contribution is 2.28. The van der Waals surface area contributed by atoms with Gasteiger partial charge in [-0.1, -0.05) is 27.2 Å². The molecule has 0 spiro atoms. The Morgan fingerprint density at radius 2 is 1.91 bits per heavy atom. The number of pyridine rings is 1. The number of rotatable bonds is 8. The van der Waals surface area contributed by atoms with Crippen LogP contribution in [0, 0.1) is 13.8 Å². The Hall–Kier alpha value is -3.23. The van der Waals surface area contributed by atoms with Gasteiger partial charge in [-0.3, -0.25) is 4.79 Å². The van der Waals surface area contributed by atoms with Crippen molar-refractivity contribution in [3.63, 3.8) is 0 Å². The second-order valence-corrected chi connectivity index (χ2v) is 10.2. The summed E-state index contributed by atoms with van der Waals surface area (Å²) in [4.78, 5) is 42.9. The van der Waals surface area contributed by atoms with Gasteiger partial charge in [-0.15, -0.1) is 0 Å². The van der Waals surface area contributed by atoms with Crippen molar-refractivity contribution in [1.82, 2.24) is 19.9 Å². The molecule has 0 radical (unpaired) electrons. The van der Waals surface area contributed by atoms with Crippen LogP contribution in [0.2, 0.25) is 0 Å². The molecule has 0 aromatic carbocycles. The second-order valence-electron chi connectivity index (χ2n) is 10.2. The summed E-state index contributed by atoms with van der Waals surface area (Å²) in [5.41, 5.74) is 2.09. The summed E-state index contributed by atoms with van der Waals surface area (Å²) in [6, 6.07) is 1.81. The molecule has 1 saturated heterocycles. The number of nitrogens with zero attached hydrogens (tertiary/aromatic N) is 5. The van der Waals surface area contributed by atoms with E-state index in [-0.39, 0.29) is 17.4 Å². The van der Waals surface area contributed by atoms with Crippen LogP contribution < -0.4 is 10.2 Å². The van der Waals surface area contributed by atoms with Crippen molar-refractivity contribution in [2.75, 3.05) is 36.4 Å². The SMILES string of the molecule is CCCCNc1ncc(C(=O)N2CCN(c3cc(C)c(C(=O)O)c(C)n3)CC2(C)C)nc1C(C)C. The predicted molar refractivity (Wildman–Crippen MR) is 138 cm³/mol. The zero-order valence-corrected chi connectivity index (χ0v) is 22.0. The Labute approximate surface area is 208 Å². The van der Waals surface area contributed by atoms with Gasteiger partial charge < -0.3 is 20.2 Å². The van der Waals surface area contributed by atoms with Crippen molar-refractivity contribution in [2.24, 2.45) is 0 Å². The molecular weight excluding hydrogens is 444 g/mol. The fourth-order valence-electron chi connectivity index (χ4n) is 4.59. The molecular formula is C26H38N6O3. The van der Waals surface area contributed by atoms with Crippen molar-refractivity contribution >= 4 is 23.5 Å². The number of unbranched alkanes of at least 4 members (excludes halogenated alkanes) is 1. The molecule has 1 amide bonds. The van der Waals surface area contributed by atoms with Gasteiger partial charge in [-0.2, -0.15) is 0 Å². The molecule has 1 aliphatic rings. The first-order valence-electron chi connectivity index (χ1n) is 12.4. The van der Waals surface area contributed by atoms with Gasteiger partial charge in [0.1, 0.15) is 17.3 Å². The van der Waals surface area contributed by atoms with Crippen LogP contribution in [0.1, 0.15) is 91.2 Å². The van der Waals surface area contributed by atoms with E-state index < -0.39 is 11.5 Å². The minimum absolute atomic E-state index is 0.134. The first-order valence-corrected chi connectivity index (χ1v) is 12.4. The Balaban J connectivity index is 1.81. The average Bonchev–Trinajstić information content (AvgIpc) is 2.77. The molecule has 0 saturated carbocycles. The zero-order chi connectivity index (χ0) is 25.9. The molecule has 3 rings (SSSR count). The summed E-state index contributed by atoms with van der Waals surface area (Å²) >= 11 is 0. The highest BCUT2D eigenvalue weighted by Gasteiger charge is 2.38. The Morgan fingerprint density at radius 3 is 2.49 bits per heavy atom. The molecule has 2 aromatic rings.